The standard InChI is InChI=1S/C26H30N6O3/c1-24(2,34-4)21-12-29-22(13-28-21)32-16-26(35-23(32)33)9-5-8-25(3,14-26)15-31-17-30-19-7-6-18(11-27)10-20(19)31/h6-7,10,12-13,17H,5,8-9,14-16H2,1-4H3/t25-,26?/m0/s1. The van der Waals surface area contributed by atoms with E-state index in [9.17, 15) is 10.1 Å². The molecule has 1 unspecified atom stereocenters. The number of anilines is 1. The van der Waals surface area contributed by atoms with Gasteiger partial charge in [0.2, 0.25) is 0 Å². The van der Waals surface area contributed by atoms with Crippen LogP contribution in [0.4, 0.5) is 10.6 Å². The van der Waals surface area contributed by atoms with Crippen LogP contribution in [0.3, 0.4) is 0 Å². The van der Waals surface area contributed by atoms with Crippen LogP contribution in [0, 0.1) is 16.7 Å². The van der Waals surface area contributed by atoms with Crippen LogP contribution in [0.15, 0.2) is 36.9 Å². The molecular weight excluding hydrogens is 444 g/mol. The van der Waals surface area contributed by atoms with E-state index >= 15 is 0 Å². The van der Waals surface area contributed by atoms with Crippen molar-refractivity contribution in [2.75, 3.05) is 18.6 Å². The Morgan fingerprint density at radius 2 is 2.06 bits per heavy atom. The lowest BCUT2D eigenvalue weighted by Gasteiger charge is -2.43. The monoisotopic (exact) mass is 474 g/mol. The minimum absolute atomic E-state index is 0.0944. The fourth-order valence-electron chi connectivity index (χ4n) is 5.49. The lowest BCUT2D eigenvalue weighted by atomic mass is 9.68. The molecule has 3 heterocycles. The van der Waals surface area contributed by atoms with Gasteiger partial charge in [-0.05, 0) is 63.1 Å². The number of methoxy groups -OCH3 is 1. The Kier molecular flexibility index (Phi) is 5.52. The van der Waals surface area contributed by atoms with Gasteiger partial charge in [0.15, 0.2) is 5.82 Å². The van der Waals surface area contributed by atoms with Gasteiger partial charge in [0, 0.05) is 13.7 Å². The Hall–Kier alpha value is -3.51. The summed E-state index contributed by atoms with van der Waals surface area (Å²) in [6, 6.07) is 7.76. The number of imidazole rings is 1. The van der Waals surface area contributed by atoms with Crippen molar-refractivity contribution < 1.29 is 14.3 Å². The molecule has 0 bridgehead atoms. The largest absolute Gasteiger partial charge is 0.441 e. The number of nitrogens with zero attached hydrogens (tertiary/aromatic N) is 6. The van der Waals surface area contributed by atoms with Crippen LogP contribution >= 0.6 is 0 Å². The molecule has 1 amide bonds. The molecule has 1 aliphatic heterocycles. The van der Waals surface area contributed by atoms with Gasteiger partial charge < -0.3 is 14.0 Å². The number of amides is 1. The lowest BCUT2D eigenvalue weighted by molar-refractivity contribution is -0.0264. The van der Waals surface area contributed by atoms with Crippen molar-refractivity contribution in [3.63, 3.8) is 0 Å². The Morgan fingerprint density at radius 3 is 2.77 bits per heavy atom. The van der Waals surface area contributed by atoms with Crippen molar-refractivity contribution in [2.45, 2.75) is 64.2 Å². The smallest absolute Gasteiger partial charge is 0.416 e. The first-order valence-electron chi connectivity index (χ1n) is 11.9. The van der Waals surface area contributed by atoms with Crippen molar-refractivity contribution in [3.05, 3.63) is 48.2 Å². The van der Waals surface area contributed by atoms with E-state index in [-0.39, 0.29) is 11.5 Å². The number of benzene rings is 1. The highest BCUT2D eigenvalue weighted by molar-refractivity contribution is 5.89. The van der Waals surface area contributed by atoms with E-state index in [1.165, 1.54) is 0 Å². The number of ether oxygens (including phenoxy) is 2. The molecule has 3 aromatic rings. The first kappa shape index (κ1) is 23.2. The Morgan fingerprint density at radius 1 is 1.23 bits per heavy atom. The summed E-state index contributed by atoms with van der Waals surface area (Å²) in [6.45, 7) is 7.27. The molecule has 2 atom stereocenters. The van der Waals surface area contributed by atoms with Crippen LogP contribution in [0.1, 0.15) is 57.7 Å². The third-order valence-electron chi connectivity index (χ3n) is 7.48. The van der Waals surface area contributed by atoms with Gasteiger partial charge in [-0.25, -0.2) is 14.8 Å². The van der Waals surface area contributed by atoms with E-state index in [4.69, 9.17) is 9.47 Å². The predicted molar refractivity (Wildman–Crippen MR) is 130 cm³/mol. The van der Waals surface area contributed by atoms with E-state index < -0.39 is 11.2 Å². The summed E-state index contributed by atoms with van der Waals surface area (Å²) >= 11 is 0. The topological polar surface area (TPSA) is 106 Å². The molecule has 0 N–H and O–H groups in total. The van der Waals surface area contributed by atoms with Gasteiger partial charge in [0.1, 0.15) is 11.2 Å². The van der Waals surface area contributed by atoms with Crippen LogP contribution in [-0.4, -0.2) is 44.9 Å². The molecule has 182 valence electrons. The van der Waals surface area contributed by atoms with Crippen molar-refractivity contribution in [2.24, 2.45) is 5.41 Å². The summed E-state index contributed by atoms with van der Waals surface area (Å²) in [5.74, 6) is 0.486. The molecule has 1 saturated heterocycles. The fourth-order valence-corrected chi connectivity index (χ4v) is 5.49. The zero-order chi connectivity index (χ0) is 24.8. The Balaban J connectivity index is 1.36. The molecule has 2 fully saturated rings. The number of hydrogen-bond acceptors (Lipinski definition) is 7. The summed E-state index contributed by atoms with van der Waals surface area (Å²) in [4.78, 5) is 28.0. The van der Waals surface area contributed by atoms with Gasteiger partial charge in [0.05, 0.1) is 53.6 Å². The molecular formula is C26H30N6O3. The number of rotatable bonds is 5. The molecule has 1 spiro atoms. The van der Waals surface area contributed by atoms with Crippen LogP contribution in [0.25, 0.3) is 11.0 Å². The average molecular weight is 475 g/mol. The molecule has 2 aliphatic rings. The van der Waals surface area contributed by atoms with E-state index in [1.54, 1.807) is 30.5 Å². The zero-order valence-corrected chi connectivity index (χ0v) is 20.6. The zero-order valence-electron chi connectivity index (χ0n) is 20.6. The molecule has 1 saturated carbocycles. The van der Waals surface area contributed by atoms with Gasteiger partial charge in [-0.1, -0.05) is 6.92 Å². The minimum Gasteiger partial charge on any atom is -0.441 e. The van der Waals surface area contributed by atoms with Crippen LogP contribution in [-0.2, 0) is 21.6 Å². The maximum Gasteiger partial charge on any atom is 0.416 e. The number of carbonyl (C=O) groups excluding carboxylic acids is 1. The van der Waals surface area contributed by atoms with Crippen LogP contribution in [0.2, 0.25) is 0 Å². The van der Waals surface area contributed by atoms with Crippen molar-refractivity contribution in [1.82, 2.24) is 19.5 Å². The van der Waals surface area contributed by atoms with Crippen molar-refractivity contribution in [3.8, 4) is 6.07 Å². The van der Waals surface area contributed by atoms with Gasteiger partial charge in [-0.3, -0.25) is 9.88 Å². The van der Waals surface area contributed by atoms with Crippen molar-refractivity contribution in [1.29, 1.82) is 5.26 Å². The predicted octanol–water partition coefficient (Wildman–Crippen LogP) is 4.56. The number of aromatic nitrogens is 4. The summed E-state index contributed by atoms with van der Waals surface area (Å²) in [6.07, 6.45) is 8.26. The molecule has 1 aromatic carbocycles. The third-order valence-corrected chi connectivity index (χ3v) is 7.48. The first-order chi connectivity index (χ1) is 16.7. The highest BCUT2D eigenvalue weighted by Gasteiger charge is 2.52. The van der Waals surface area contributed by atoms with Gasteiger partial charge >= 0.3 is 6.09 Å². The quantitative estimate of drug-likeness (QED) is 0.534. The maximum atomic E-state index is 12.9. The molecule has 5 rings (SSSR count). The second-order valence-corrected chi connectivity index (χ2v) is 10.6. The first-order valence-corrected chi connectivity index (χ1v) is 11.9. The minimum atomic E-state index is -0.565. The van der Waals surface area contributed by atoms with E-state index in [0.717, 1.165) is 43.3 Å². The number of nitriles is 1. The van der Waals surface area contributed by atoms with E-state index in [1.807, 2.05) is 32.3 Å². The lowest BCUT2D eigenvalue weighted by Crippen LogP contribution is -2.45. The van der Waals surface area contributed by atoms with Gasteiger partial charge in [-0.15, -0.1) is 0 Å². The molecule has 9 heteroatoms. The number of fused-ring (bicyclic) bond motifs is 1. The molecule has 2 aromatic heterocycles. The molecule has 35 heavy (non-hydrogen) atoms. The Bertz CT molecular complexity index is 1310. The molecule has 0 radical (unpaired) electrons. The summed E-state index contributed by atoms with van der Waals surface area (Å²) in [5.41, 5.74) is 1.91. The SMILES string of the molecule is COC(C)(C)c1cnc(N2CC3(CCC[C@](C)(Cn4cnc5ccc(C#N)cc54)C3)OC2=O)cn1. The van der Waals surface area contributed by atoms with E-state index in [0.29, 0.717) is 23.6 Å². The second-order valence-electron chi connectivity index (χ2n) is 10.6. The van der Waals surface area contributed by atoms with Gasteiger partial charge in [-0.2, -0.15) is 5.26 Å². The van der Waals surface area contributed by atoms with Crippen LogP contribution in [0.5, 0.6) is 0 Å². The van der Waals surface area contributed by atoms with Crippen molar-refractivity contribution >= 4 is 22.9 Å². The fraction of sp³-hybridized carbons (Fsp3) is 0.500. The average Bonchev–Trinajstić information content (AvgIpc) is 3.38. The summed E-state index contributed by atoms with van der Waals surface area (Å²) < 4.78 is 13.6. The highest BCUT2D eigenvalue weighted by Crippen LogP contribution is 2.47. The van der Waals surface area contributed by atoms with Gasteiger partial charge in [0.25, 0.3) is 0 Å². The maximum absolute atomic E-state index is 12.9. The Labute approximate surface area is 204 Å². The number of hydrogen-bond donors (Lipinski definition) is 0. The molecule has 9 nitrogen and oxygen atoms in total. The number of carbonyl (C=O) groups is 1. The third kappa shape index (κ3) is 4.23. The normalized spacial score (nSPS) is 24.7. The van der Waals surface area contributed by atoms with Crippen LogP contribution < -0.4 is 4.90 Å². The molecule has 1 aliphatic carbocycles. The highest BCUT2D eigenvalue weighted by atomic mass is 16.6. The summed E-state index contributed by atoms with van der Waals surface area (Å²) in [7, 11) is 1.63. The summed E-state index contributed by atoms with van der Waals surface area (Å²) in [5, 5.41) is 9.30. The van der Waals surface area contributed by atoms with E-state index in [2.05, 4.69) is 32.5 Å². The second kappa shape index (κ2) is 8.31.